The molecule has 1 aliphatic rings. The van der Waals surface area contributed by atoms with Gasteiger partial charge in [-0.1, -0.05) is 12.1 Å². The summed E-state index contributed by atoms with van der Waals surface area (Å²) in [6.45, 7) is 3.66. The molecular weight excluding hydrogens is 276 g/mol. The van der Waals surface area contributed by atoms with Crippen LogP contribution in [0.15, 0.2) is 18.2 Å². The molecule has 0 radical (unpaired) electrons. The van der Waals surface area contributed by atoms with Gasteiger partial charge in [0.1, 0.15) is 0 Å². The Labute approximate surface area is 123 Å². The van der Waals surface area contributed by atoms with Gasteiger partial charge in [0, 0.05) is 30.7 Å². The second kappa shape index (κ2) is 6.95. The molecule has 1 amide bonds. The molecule has 0 bridgehead atoms. The van der Waals surface area contributed by atoms with Crippen molar-refractivity contribution in [3.8, 4) is 0 Å². The second-order valence-corrected chi connectivity index (χ2v) is 5.55. The SMILES string of the molecule is CC(NC1CCN(CC(N)=O)CC1)c1cccc(F)c1F. The molecule has 21 heavy (non-hydrogen) atoms. The third kappa shape index (κ3) is 4.22. The second-order valence-electron chi connectivity index (χ2n) is 5.55. The van der Waals surface area contributed by atoms with Crippen molar-refractivity contribution < 1.29 is 13.6 Å². The van der Waals surface area contributed by atoms with Gasteiger partial charge in [0.25, 0.3) is 0 Å². The van der Waals surface area contributed by atoms with Crippen LogP contribution in [0.2, 0.25) is 0 Å². The van der Waals surface area contributed by atoms with Crippen LogP contribution in [-0.2, 0) is 4.79 Å². The average Bonchev–Trinajstić information content (AvgIpc) is 2.43. The van der Waals surface area contributed by atoms with Gasteiger partial charge in [0.15, 0.2) is 11.6 Å². The summed E-state index contributed by atoms with van der Waals surface area (Å²) in [5.41, 5.74) is 5.51. The molecule has 0 saturated carbocycles. The van der Waals surface area contributed by atoms with Crippen LogP contribution in [-0.4, -0.2) is 36.5 Å². The molecule has 1 unspecified atom stereocenters. The number of primary amides is 1. The van der Waals surface area contributed by atoms with Gasteiger partial charge in [-0.25, -0.2) is 8.78 Å². The number of nitrogens with one attached hydrogen (secondary N) is 1. The molecule has 1 fully saturated rings. The number of hydrogen-bond acceptors (Lipinski definition) is 3. The minimum absolute atomic E-state index is 0.229. The number of hydrogen-bond donors (Lipinski definition) is 2. The van der Waals surface area contributed by atoms with E-state index in [-0.39, 0.29) is 24.5 Å². The lowest BCUT2D eigenvalue weighted by atomic mass is 10.0. The van der Waals surface area contributed by atoms with Crippen molar-refractivity contribution in [1.82, 2.24) is 10.2 Å². The molecule has 1 aromatic carbocycles. The molecule has 1 aromatic rings. The zero-order valence-corrected chi connectivity index (χ0v) is 12.1. The predicted molar refractivity (Wildman–Crippen MR) is 76.6 cm³/mol. The molecule has 2 rings (SSSR count). The highest BCUT2D eigenvalue weighted by Crippen LogP contribution is 2.21. The number of benzene rings is 1. The fraction of sp³-hybridized carbons (Fsp3) is 0.533. The third-order valence-corrected chi connectivity index (χ3v) is 3.90. The number of halogens is 2. The largest absolute Gasteiger partial charge is 0.369 e. The molecule has 1 aliphatic heterocycles. The number of nitrogens with two attached hydrogens (primary N) is 1. The highest BCUT2D eigenvalue weighted by Gasteiger charge is 2.23. The number of rotatable bonds is 5. The molecule has 116 valence electrons. The van der Waals surface area contributed by atoms with Crippen molar-refractivity contribution in [1.29, 1.82) is 0 Å². The van der Waals surface area contributed by atoms with E-state index in [2.05, 4.69) is 5.32 Å². The first-order valence-electron chi connectivity index (χ1n) is 7.18. The number of nitrogens with zero attached hydrogens (tertiary/aromatic N) is 1. The lowest BCUT2D eigenvalue weighted by Crippen LogP contribution is -2.45. The maximum atomic E-state index is 13.7. The Morgan fingerprint density at radius 1 is 1.43 bits per heavy atom. The summed E-state index contributed by atoms with van der Waals surface area (Å²) in [5.74, 6) is -1.93. The number of likely N-dealkylation sites (tertiary alicyclic amines) is 1. The summed E-state index contributed by atoms with van der Waals surface area (Å²) in [5, 5.41) is 3.33. The van der Waals surface area contributed by atoms with Crippen molar-refractivity contribution in [2.24, 2.45) is 5.73 Å². The van der Waals surface area contributed by atoms with Gasteiger partial charge in [-0.05, 0) is 25.8 Å². The fourth-order valence-electron chi connectivity index (χ4n) is 2.78. The highest BCUT2D eigenvalue weighted by molar-refractivity contribution is 5.75. The molecular formula is C15H21F2N3O. The van der Waals surface area contributed by atoms with E-state index in [1.165, 1.54) is 6.07 Å². The monoisotopic (exact) mass is 297 g/mol. The summed E-state index contributed by atoms with van der Waals surface area (Å²) in [6, 6.07) is 4.20. The van der Waals surface area contributed by atoms with Crippen LogP contribution in [0.1, 0.15) is 31.4 Å². The van der Waals surface area contributed by atoms with Crippen molar-refractivity contribution in [3.63, 3.8) is 0 Å². The molecule has 1 atom stereocenters. The van der Waals surface area contributed by atoms with Crippen LogP contribution < -0.4 is 11.1 Å². The van der Waals surface area contributed by atoms with E-state index in [0.29, 0.717) is 5.56 Å². The smallest absolute Gasteiger partial charge is 0.231 e. The summed E-state index contributed by atoms with van der Waals surface area (Å²) < 4.78 is 27.0. The van der Waals surface area contributed by atoms with Crippen LogP contribution in [0.25, 0.3) is 0 Å². The van der Waals surface area contributed by atoms with Crippen molar-refractivity contribution in [3.05, 3.63) is 35.4 Å². The van der Waals surface area contributed by atoms with Gasteiger partial charge in [-0.2, -0.15) is 0 Å². The summed E-state index contributed by atoms with van der Waals surface area (Å²) in [7, 11) is 0. The van der Waals surface area contributed by atoms with Gasteiger partial charge < -0.3 is 11.1 Å². The maximum Gasteiger partial charge on any atom is 0.231 e. The van der Waals surface area contributed by atoms with Gasteiger partial charge in [-0.3, -0.25) is 9.69 Å². The molecule has 0 spiro atoms. The standard InChI is InChI=1S/C15H21F2N3O/c1-10(12-3-2-4-13(16)15(12)17)19-11-5-7-20(8-6-11)9-14(18)21/h2-4,10-11,19H,5-9H2,1H3,(H2,18,21). The Morgan fingerprint density at radius 2 is 2.10 bits per heavy atom. The quantitative estimate of drug-likeness (QED) is 0.867. The molecule has 0 aliphatic carbocycles. The maximum absolute atomic E-state index is 13.7. The van der Waals surface area contributed by atoms with E-state index in [1.54, 1.807) is 6.07 Å². The van der Waals surface area contributed by atoms with E-state index in [1.807, 2.05) is 11.8 Å². The lowest BCUT2D eigenvalue weighted by molar-refractivity contribution is -0.119. The van der Waals surface area contributed by atoms with E-state index in [4.69, 9.17) is 5.73 Å². The van der Waals surface area contributed by atoms with Crippen LogP contribution in [0.3, 0.4) is 0 Å². The normalized spacial score (nSPS) is 18.6. The Balaban J connectivity index is 1.88. The highest BCUT2D eigenvalue weighted by atomic mass is 19.2. The first kappa shape index (κ1) is 15.9. The lowest BCUT2D eigenvalue weighted by Gasteiger charge is -2.33. The minimum atomic E-state index is -0.822. The van der Waals surface area contributed by atoms with Crippen molar-refractivity contribution in [2.45, 2.75) is 31.8 Å². The minimum Gasteiger partial charge on any atom is -0.369 e. The van der Waals surface area contributed by atoms with Gasteiger partial charge in [0.2, 0.25) is 5.91 Å². The number of amides is 1. The zero-order chi connectivity index (χ0) is 15.4. The fourth-order valence-corrected chi connectivity index (χ4v) is 2.78. The molecule has 6 heteroatoms. The molecule has 4 nitrogen and oxygen atoms in total. The summed E-state index contributed by atoms with van der Waals surface area (Å²) in [4.78, 5) is 12.9. The molecule has 0 aromatic heterocycles. The van der Waals surface area contributed by atoms with Gasteiger partial charge in [0.05, 0.1) is 6.54 Å². The Bertz CT molecular complexity index is 502. The predicted octanol–water partition coefficient (Wildman–Crippen LogP) is 1.57. The van der Waals surface area contributed by atoms with Crippen LogP contribution in [0.4, 0.5) is 8.78 Å². The van der Waals surface area contributed by atoms with Crippen LogP contribution >= 0.6 is 0 Å². The van der Waals surface area contributed by atoms with Crippen LogP contribution in [0, 0.1) is 11.6 Å². The number of carbonyl (C=O) groups excluding carboxylic acids is 1. The molecule has 1 heterocycles. The Kier molecular flexibility index (Phi) is 5.25. The Morgan fingerprint density at radius 3 is 2.71 bits per heavy atom. The van der Waals surface area contributed by atoms with E-state index >= 15 is 0 Å². The topological polar surface area (TPSA) is 58.4 Å². The third-order valence-electron chi connectivity index (χ3n) is 3.90. The first-order valence-corrected chi connectivity index (χ1v) is 7.18. The summed E-state index contributed by atoms with van der Waals surface area (Å²) in [6.07, 6.45) is 1.71. The number of piperidine rings is 1. The zero-order valence-electron chi connectivity index (χ0n) is 12.1. The van der Waals surface area contributed by atoms with Gasteiger partial charge in [-0.15, -0.1) is 0 Å². The van der Waals surface area contributed by atoms with E-state index < -0.39 is 11.6 Å². The number of carbonyl (C=O) groups is 1. The summed E-state index contributed by atoms with van der Waals surface area (Å²) >= 11 is 0. The average molecular weight is 297 g/mol. The van der Waals surface area contributed by atoms with Crippen molar-refractivity contribution in [2.75, 3.05) is 19.6 Å². The van der Waals surface area contributed by atoms with Gasteiger partial charge >= 0.3 is 0 Å². The van der Waals surface area contributed by atoms with Crippen LogP contribution in [0.5, 0.6) is 0 Å². The molecule has 3 N–H and O–H groups in total. The van der Waals surface area contributed by atoms with Crippen molar-refractivity contribution >= 4 is 5.91 Å². The molecule has 1 saturated heterocycles. The Hall–Kier alpha value is -1.53. The first-order chi connectivity index (χ1) is 9.97. The van der Waals surface area contributed by atoms with E-state index in [9.17, 15) is 13.6 Å². The van der Waals surface area contributed by atoms with E-state index in [0.717, 1.165) is 32.0 Å².